The van der Waals surface area contributed by atoms with Crippen molar-refractivity contribution in [1.82, 2.24) is 15.1 Å². The SMILES string of the molecule is CCN(C(=O)CN1CCCC1CNC)C1CCCCC1.Cl. The third-order valence-electron chi connectivity index (χ3n) is 4.95. The van der Waals surface area contributed by atoms with Crippen molar-refractivity contribution in [2.24, 2.45) is 0 Å². The molecule has 2 aliphatic rings. The van der Waals surface area contributed by atoms with Crippen LogP contribution in [0.1, 0.15) is 51.9 Å². The molecule has 1 aliphatic carbocycles. The molecule has 0 bridgehead atoms. The number of halogens is 1. The smallest absolute Gasteiger partial charge is 0.236 e. The summed E-state index contributed by atoms with van der Waals surface area (Å²) < 4.78 is 0. The van der Waals surface area contributed by atoms with Crippen LogP contribution in [0.4, 0.5) is 0 Å². The van der Waals surface area contributed by atoms with Crippen LogP contribution in [0, 0.1) is 0 Å². The van der Waals surface area contributed by atoms with E-state index in [1.54, 1.807) is 0 Å². The van der Waals surface area contributed by atoms with Gasteiger partial charge in [-0.25, -0.2) is 0 Å². The van der Waals surface area contributed by atoms with Gasteiger partial charge in [-0.3, -0.25) is 9.69 Å². The minimum Gasteiger partial charge on any atom is -0.339 e. The first-order chi connectivity index (χ1) is 9.76. The Morgan fingerprint density at radius 1 is 1.19 bits per heavy atom. The first-order valence-electron chi connectivity index (χ1n) is 8.44. The number of hydrogen-bond donors (Lipinski definition) is 1. The lowest BCUT2D eigenvalue weighted by Crippen LogP contribution is -2.48. The molecule has 1 saturated carbocycles. The van der Waals surface area contributed by atoms with Crippen LogP contribution in [0.2, 0.25) is 0 Å². The Hall–Kier alpha value is -0.320. The normalized spacial score (nSPS) is 23.8. The fraction of sp³-hybridized carbons (Fsp3) is 0.938. The fourth-order valence-electron chi connectivity index (χ4n) is 3.87. The van der Waals surface area contributed by atoms with Gasteiger partial charge in [-0.1, -0.05) is 19.3 Å². The average molecular weight is 318 g/mol. The number of carbonyl (C=O) groups excluding carboxylic acids is 1. The maximum absolute atomic E-state index is 12.6. The Labute approximate surface area is 136 Å². The first kappa shape index (κ1) is 18.7. The van der Waals surface area contributed by atoms with E-state index in [9.17, 15) is 4.79 Å². The Balaban J connectivity index is 0.00000220. The van der Waals surface area contributed by atoms with Crippen molar-refractivity contribution < 1.29 is 4.79 Å². The Bertz CT molecular complexity index is 308. The number of nitrogens with zero attached hydrogens (tertiary/aromatic N) is 2. The zero-order valence-corrected chi connectivity index (χ0v) is 14.5. The lowest BCUT2D eigenvalue weighted by Gasteiger charge is -2.35. The second-order valence-corrected chi connectivity index (χ2v) is 6.30. The fourth-order valence-corrected chi connectivity index (χ4v) is 3.87. The predicted octanol–water partition coefficient (Wildman–Crippen LogP) is 2.27. The molecule has 1 unspecified atom stereocenters. The molecular weight excluding hydrogens is 286 g/mol. The van der Waals surface area contributed by atoms with Crippen LogP contribution in [-0.2, 0) is 4.79 Å². The number of nitrogens with one attached hydrogen (secondary N) is 1. The van der Waals surface area contributed by atoms with Gasteiger partial charge >= 0.3 is 0 Å². The molecular formula is C16H32ClN3O. The summed E-state index contributed by atoms with van der Waals surface area (Å²) in [5, 5.41) is 3.25. The Morgan fingerprint density at radius 2 is 1.90 bits per heavy atom. The summed E-state index contributed by atoms with van der Waals surface area (Å²) >= 11 is 0. The molecule has 1 atom stereocenters. The van der Waals surface area contributed by atoms with E-state index in [0.717, 1.165) is 19.6 Å². The van der Waals surface area contributed by atoms with Gasteiger partial charge in [0.25, 0.3) is 0 Å². The van der Waals surface area contributed by atoms with Gasteiger partial charge in [-0.05, 0) is 46.2 Å². The van der Waals surface area contributed by atoms with E-state index in [2.05, 4.69) is 22.0 Å². The van der Waals surface area contributed by atoms with E-state index in [4.69, 9.17) is 0 Å². The highest BCUT2D eigenvalue weighted by Crippen LogP contribution is 2.23. The Kier molecular flexibility index (Phi) is 8.60. The highest BCUT2D eigenvalue weighted by molar-refractivity contribution is 5.85. The molecule has 0 aromatic carbocycles. The molecule has 1 heterocycles. The quantitative estimate of drug-likeness (QED) is 0.816. The zero-order chi connectivity index (χ0) is 14.4. The number of likely N-dealkylation sites (tertiary alicyclic amines) is 1. The van der Waals surface area contributed by atoms with E-state index in [1.165, 1.54) is 44.9 Å². The highest BCUT2D eigenvalue weighted by Gasteiger charge is 2.29. The van der Waals surface area contributed by atoms with Crippen molar-refractivity contribution in [3.63, 3.8) is 0 Å². The number of likely N-dealkylation sites (N-methyl/N-ethyl adjacent to an activating group) is 2. The summed E-state index contributed by atoms with van der Waals surface area (Å²) in [5.74, 6) is 0.349. The highest BCUT2D eigenvalue weighted by atomic mass is 35.5. The molecule has 124 valence electrons. The third kappa shape index (κ3) is 5.11. The van der Waals surface area contributed by atoms with Crippen molar-refractivity contribution >= 4 is 18.3 Å². The van der Waals surface area contributed by atoms with Gasteiger partial charge in [0.15, 0.2) is 0 Å². The van der Waals surface area contributed by atoms with E-state index in [-0.39, 0.29) is 12.4 Å². The third-order valence-corrected chi connectivity index (χ3v) is 4.95. The van der Waals surface area contributed by atoms with Crippen molar-refractivity contribution in [2.45, 2.75) is 64.0 Å². The van der Waals surface area contributed by atoms with Crippen LogP contribution in [0.15, 0.2) is 0 Å². The molecule has 1 saturated heterocycles. The molecule has 0 aromatic rings. The zero-order valence-electron chi connectivity index (χ0n) is 13.6. The first-order valence-corrected chi connectivity index (χ1v) is 8.44. The van der Waals surface area contributed by atoms with Gasteiger partial charge in [0.2, 0.25) is 5.91 Å². The maximum atomic E-state index is 12.6. The molecule has 0 spiro atoms. The summed E-state index contributed by atoms with van der Waals surface area (Å²) in [5.41, 5.74) is 0. The molecule has 0 aromatic heterocycles. The molecule has 2 fully saturated rings. The van der Waals surface area contributed by atoms with Crippen LogP contribution in [-0.4, -0.2) is 61.0 Å². The van der Waals surface area contributed by atoms with Gasteiger partial charge in [0.05, 0.1) is 6.54 Å². The second kappa shape index (κ2) is 9.65. The number of rotatable bonds is 6. The summed E-state index contributed by atoms with van der Waals surface area (Å²) in [4.78, 5) is 17.2. The average Bonchev–Trinajstić information content (AvgIpc) is 2.88. The van der Waals surface area contributed by atoms with E-state index >= 15 is 0 Å². The van der Waals surface area contributed by atoms with Crippen LogP contribution >= 0.6 is 12.4 Å². The standard InChI is InChI=1S/C16H31N3O.ClH/c1-3-19(14-8-5-4-6-9-14)16(20)13-18-11-7-10-15(18)12-17-2;/h14-15,17H,3-13H2,1-2H3;1H. The van der Waals surface area contributed by atoms with Gasteiger partial charge in [0.1, 0.15) is 0 Å². The predicted molar refractivity (Wildman–Crippen MR) is 90.0 cm³/mol. The molecule has 5 heteroatoms. The summed E-state index contributed by atoms with van der Waals surface area (Å²) in [6.45, 7) is 5.70. The van der Waals surface area contributed by atoms with Crippen molar-refractivity contribution in [2.75, 3.05) is 33.2 Å². The maximum Gasteiger partial charge on any atom is 0.236 e. The van der Waals surface area contributed by atoms with E-state index in [1.807, 2.05) is 7.05 Å². The minimum absolute atomic E-state index is 0. The van der Waals surface area contributed by atoms with E-state index in [0.29, 0.717) is 24.5 Å². The number of amides is 1. The van der Waals surface area contributed by atoms with Crippen molar-refractivity contribution in [3.8, 4) is 0 Å². The molecule has 2 rings (SSSR count). The summed E-state index contributed by atoms with van der Waals surface area (Å²) in [6.07, 6.45) is 8.80. The van der Waals surface area contributed by atoms with E-state index < -0.39 is 0 Å². The molecule has 1 amide bonds. The largest absolute Gasteiger partial charge is 0.339 e. The molecule has 21 heavy (non-hydrogen) atoms. The molecule has 1 N–H and O–H groups in total. The molecule has 0 radical (unpaired) electrons. The summed E-state index contributed by atoms with van der Waals surface area (Å²) in [7, 11) is 2.00. The molecule has 1 aliphatic heterocycles. The number of hydrogen-bond acceptors (Lipinski definition) is 3. The van der Waals surface area contributed by atoms with Crippen molar-refractivity contribution in [3.05, 3.63) is 0 Å². The Morgan fingerprint density at radius 3 is 2.52 bits per heavy atom. The van der Waals surface area contributed by atoms with Crippen LogP contribution < -0.4 is 5.32 Å². The molecule has 4 nitrogen and oxygen atoms in total. The minimum atomic E-state index is 0. The van der Waals surface area contributed by atoms with Crippen LogP contribution in [0.5, 0.6) is 0 Å². The lowest BCUT2D eigenvalue weighted by atomic mass is 9.94. The monoisotopic (exact) mass is 317 g/mol. The van der Waals surface area contributed by atoms with Gasteiger partial charge < -0.3 is 10.2 Å². The topological polar surface area (TPSA) is 35.6 Å². The van der Waals surface area contributed by atoms with Crippen molar-refractivity contribution in [1.29, 1.82) is 0 Å². The van der Waals surface area contributed by atoms with Crippen LogP contribution in [0.3, 0.4) is 0 Å². The lowest BCUT2D eigenvalue weighted by molar-refractivity contribution is -0.135. The summed E-state index contributed by atoms with van der Waals surface area (Å²) in [6, 6.07) is 1.06. The van der Waals surface area contributed by atoms with Gasteiger partial charge in [-0.15, -0.1) is 12.4 Å². The van der Waals surface area contributed by atoms with Gasteiger partial charge in [-0.2, -0.15) is 0 Å². The second-order valence-electron chi connectivity index (χ2n) is 6.30. The van der Waals surface area contributed by atoms with Gasteiger partial charge in [0, 0.05) is 25.2 Å². The van der Waals surface area contributed by atoms with Crippen LogP contribution in [0.25, 0.3) is 0 Å². The number of carbonyl (C=O) groups is 1.